The Balaban J connectivity index is 1.45. The van der Waals surface area contributed by atoms with Gasteiger partial charge in [-0.3, -0.25) is 9.69 Å². The van der Waals surface area contributed by atoms with Crippen LogP contribution in [0.3, 0.4) is 0 Å². The minimum absolute atomic E-state index is 0.0153. The van der Waals surface area contributed by atoms with Crippen molar-refractivity contribution in [2.24, 2.45) is 11.8 Å². The lowest BCUT2D eigenvalue weighted by atomic mass is 10.0. The predicted octanol–water partition coefficient (Wildman–Crippen LogP) is 1.34. The van der Waals surface area contributed by atoms with Crippen LogP contribution in [0.15, 0.2) is 34.9 Å². The van der Waals surface area contributed by atoms with Crippen molar-refractivity contribution in [3.63, 3.8) is 0 Å². The molecule has 3 heterocycles. The highest BCUT2D eigenvalue weighted by Crippen LogP contribution is 2.31. The molecule has 2 fully saturated rings. The molecule has 0 radical (unpaired) electrons. The summed E-state index contributed by atoms with van der Waals surface area (Å²) in [6.07, 6.45) is 0. The molecule has 108 valence electrons. The van der Waals surface area contributed by atoms with Crippen molar-refractivity contribution >= 4 is 5.97 Å². The first-order valence-corrected chi connectivity index (χ1v) is 7.06. The Morgan fingerprint density at radius 3 is 2.90 bits per heavy atom. The zero-order valence-electron chi connectivity index (χ0n) is 11.4. The highest BCUT2D eigenvalue weighted by atomic mass is 16.5. The maximum absolute atomic E-state index is 11.5. The molecule has 0 N–H and O–H groups in total. The van der Waals surface area contributed by atoms with E-state index in [1.807, 2.05) is 30.3 Å². The van der Waals surface area contributed by atoms with E-state index in [0.717, 1.165) is 12.1 Å². The second kappa shape index (κ2) is 4.96. The number of carbonyl (C=O) groups excluding carboxylic acids is 1. The molecule has 1 aromatic carbocycles. The lowest BCUT2D eigenvalue weighted by molar-refractivity contribution is -0.141. The van der Waals surface area contributed by atoms with Crippen LogP contribution in [-0.4, -0.2) is 40.7 Å². The average Bonchev–Trinajstić information content (AvgIpc) is 3.19. The normalized spacial score (nSPS) is 25.0. The molecule has 0 bridgehead atoms. The van der Waals surface area contributed by atoms with Crippen LogP contribution in [0, 0.1) is 11.8 Å². The molecule has 2 saturated heterocycles. The summed E-state index contributed by atoms with van der Waals surface area (Å²) >= 11 is 0. The zero-order valence-corrected chi connectivity index (χ0v) is 11.4. The largest absolute Gasteiger partial charge is 0.465 e. The third-order valence-electron chi connectivity index (χ3n) is 4.12. The van der Waals surface area contributed by atoms with Gasteiger partial charge in [0.15, 0.2) is 0 Å². The van der Waals surface area contributed by atoms with Crippen molar-refractivity contribution in [3.8, 4) is 11.4 Å². The lowest BCUT2D eigenvalue weighted by Crippen LogP contribution is -2.23. The first-order chi connectivity index (χ1) is 10.3. The summed E-state index contributed by atoms with van der Waals surface area (Å²) in [6, 6.07) is 9.74. The highest BCUT2D eigenvalue weighted by Gasteiger charge is 2.44. The number of hydrogen-bond donors (Lipinski definition) is 0. The molecule has 2 aliphatic heterocycles. The average molecular weight is 285 g/mol. The quantitative estimate of drug-likeness (QED) is 0.793. The van der Waals surface area contributed by atoms with E-state index >= 15 is 0 Å². The van der Waals surface area contributed by atoms with Gasteiger partial charge in [-0.25, -0.2) is 0 Å². The standard InChI is InChI=1S/C15H15N3O3/c19-15-12-7-18(6-11(12)9-20-15)8-13-16-14(17-21-13)10-4-2-1-3-5-10/h1-5,11-12H,6-9H2/t11-,12-/m1/s1. The van der Waals surface area contributed by atoms with E-state index in [9.17, 15) is 4.79 Å². The molecule has 4 rings (SSSR count). The molecular formula is C15H15N3O3. The molecule has 0 spiro atoms. The highest BCUT2D eigenvalue weighted by molar-refractivity contribution is 5.75. The van der Waals surface area contributed by atoms with Crippen LogP contribution in [0.5, 0.6) is 0 Å². The number of cyclic esters (lactones) is 1. The number of likely N-dealkylation sites (tertiary alicyclic amines) is 1. The van der Waals surface area contributed by atoms with E-state index in [1.165, 1.54) is 0 Å². The Morgan fingerprint density at radius 2 is 2.10 bits per heavy atom. The van der Waals surface area contributed by atoms with E-state index in [4.69, 9.17) is 9.26 Å². The summed E-state index contributed by atoms with van der Waals surface area (Å²) in [5.74, 6) is 1.44. The van der Waals surface area contributed by atoms with E-state index in [1.54, 1.807) is 0 Å². The zero-order chi connectivity index (χ0) is 14.2. The van der Waals surface area contributed by atoms with Crippen LogP contribution in [0.4, 0.5) is 0 Å². The molecule has 0 saturated carbocycles. The second-order valence-corrected chi connectivity index (χ2v) is 5.57. The Kier molecular flexibility index (Phi) is 2.96. The fourth-order valence-corrected chi connectivity index (χ4v) is 3.04. The minimum atomic E-state index is -0.0713. The first-order valence-electron chi connectivity index (χ1n) is 7.06. The lowest BCUT2D eigenvalue weighted by Gasteiger charge is -2.13. The summed E-state index contributed by atoms with van der Waals surface area (Å²) < 4.78 is 10.4. The Morgan fingerprint density at radius 1 is 1.24 bits per heavy atom. The fourth-order valence-electron chi connectivity index (χ4n) is 3.04. The minimum Gasteiger partial charge on any atom is -0.465 e. The third-order valence-corrected chi connectivity index (χ3v) is 4.12. The Bertz CT molecular complexity index is 655. The first kappa shape index (κ1) is 12.5. The van der Waals surface area contributed by atoms with Gasteiger partial charge in [-0.15, -0.1) is 0 Å². The summed E-state index contributed by atoms with van der Waals surface area (Å²) in [7, 11) is 0. The van der Waals surface area contributed by atoms with Crippen molar-refractivity contribution in [2.75, 3.05) is 19.7 Å². The number of aromatic nitrogens is 2. The molecule has 0 aliphatic carbocycles. The molecule has 6 nitrogen and oxygen atoms in total. The van der Waals surface area contributed by atoms with Gasteiger partial charge < -0.3 is 9.26 Å². The van der Waals surface area contributed by atoms with Gasteiger partial charge in [0.1, 0.15) is 0 Å². The molecule has 0 unspecified atom stereocenters. The van der Waals surface area contributed by atoms with Crippen LogP contribution in [-0.2, 0) is 16.1 Å². The van der Waals surface area contributed by atoms with Gasteiger partial charge in [0, 0.05) is 24.6 Å². The number of benzene rings is 1. The molecule has 0 amide bonds. The number of rotatable bonds is 3. The number of nitrogens with zero attached hydrogens (tertiary/aromatic N) is 3. The van der Waals surface area contributed by atoms with Crippen LogP contribution >= 0.6 is 0 Å². The monoisotopic (exact) mass is 285 g/mol. The van der Waals surface area contributed by atoms with Crippen molar-refractivity contribution < 1.29 is 14.1 Å². The second-order valence-electron chi connectivity index (χ2n) is 5.57. The third kappa shape index (κ3) is 2.31. The fraction of sp³-hybridized carbons (Fsp3) is 0.400. The molecule has 2 atom stereocenters. The van der Waals surface area contributed by atoms with Crippen LogP contribution in [0.2, 0.25) is 0 Å². The van der Waals surface area contributed by atoms with Gasteiger partial charge in [-0.05, 0) is 0 Å². The van der Waals surface area contributed by atoms with Gasteiger partial charge in [-0.1, -0.05) is 35.5 Å². The van der Waals surface area contributed by atoms with E-state index in [-0.39, 0.29) is 11.9 Å². The molecule has 6 heteroatoms. The number of hydrogen-bond acceptors (Lipinski definition) is 6. The maximum Gasteiger partial charge on any atom is 0.310 e. The van der Waals surface area contributed by atoms with Crippen molar-refractivity contribution in [1.82, 2.24) is 15.0 Å². The van der Waals surface area contributed by atoms with Crippen LogP contribution in [0.1, 0.15) is 5.89 Å². The summed E-state index contributed by atoms with van der Waals surface area (Å²) in [5.41, 5.74) is 0.939. The van der Waals surface area contributed by atoms with E-state index in [2.05, 4.69) is 15.0 Å². The van der Waals surface area contributed by atoms with Gasteiger partial charge in [0.2, 0.25) is 11.7 Å². The number of esters is 1. The van der Waals surface area contributed by atoms with Gasteiger partial charge in [-0.2, -0.15) is 4.98 Å². The molecule has 2 aromatic rings. The maximum atomic E-state index is 11.5. The number of ether oxygens (including phenoxy) is 1. The summed E-state index contributed by atoms with van der Waals surface area (Å²) in [5, 5.41) is 4.01. The predicted molar refractivity (Wildman–Crippen MR) is 73.0 cm³/mol. The van der Waals surface area contributed by atoms with Crippen LogP contribution in [0.25, 0.3) is 11.4 Å². The van der Waals surface area contributed by atoms with Gasteiger partial charge in [0.25, 0.3) is 0 Å². The summed E-state index contributed by atoms with van der Waals surface area (Å²) in [6.45, 7) is 2.69. The number of carbonyl (C=O) groups is 1. The van der Waals surface area contributed by atoms with Gasteiger partial charge >= 0.3 is 5.97 Å². The Hall–Kier alpha value is -2.21. The molecule has 1 aromatic heterocycles. The molecular weight excluding hydrogens is 270 g/mol. The number of fused-ring (bicyclic) bond motifs is 1. The van der Waals surface area contributed by atoms with E-state index in [0.29, 0.717) is 37.3 Å². The topological polar surface area (TPSA) is 68.5 Å². The van der Waals surface area contributed by atoms with E-state index < -0.39 is 0 Å². The smallest absolute Gasteiger partial charge is 0.310 e. The summed E-state index contributed by atoms with van der Waals surface area (Å²) in [4.78, 5) is 18.1. The molecule has 21 heavy (non-hydrogen) atoms. The SMILES string of the molecule is O=C1OC[C@H]2CN(Cc3nc(-c4ccccc4)no3)C[C@@H]12. The van der Waals surface area contributed by atoms with Gasteiger partial charge in [0.05, 0.1) is 19.1 Å². The Labute approximate surface area is 121 Å². The molecule has 2 aliphatic rings. The van der Waals surface area contributed by atoms with Crippen molar-refractivity contribution in [1.29, 1.82) is 0 Å². The van der Waals surface area contributed by atoms with Crippen LogP contribution < -0.4 is 0 Å². The van der Waals surface area contributed by atoms with Crippen molar-refractivity contribution in [3.05, 3.63) is 36.2 Å². The van der Waals surface area contributed by atoms with Crippen molar-refractivity contribution in [2.45, 2.75) is 6.54 Å².